The van der Waals surface area contributed by atoms with Crippen LogP contribution >= 0.6 is 23.2 Å². The number of nitrogens with one attached hydrogen (secondary N) is 2. The second-order valence-corrected chi connectivity index (χ2v) is 9.93. The maximum Gasteiger partial charge on any atom is 0.410 e. The van der Waals surface area contributed by atoms with Gasteiger partial charge in [0.25, 0.3) is 5.91 Å². The Labute approximate surface area is 226 Å². The maximum absolute atomic E-state index is 14.0. The minimum atomic E-state index is -4.54. The van der Waals surface area contributed by atoms with Crippen LogP contribution in [0.1, 0.15) is 51.5 Å². The summed E-state index contributed by atoms with van der Waals surface area (Å²) >= 11 is 12.6. The van der Waals surface area contributed by atoms with Gasteiger partial charge in [0.1, 0.15) is 5.82 Å². The normalized spacial score (nSPS) is 17.1. The number of fused-ring (bicyclic) bond motifs is 1. The molecule has 1 aliphatic rings. The molecule has 3 heterocycles. The number of halogens is 5. The number of benzene rings is 2. The molecular weight excluding hydrogens is 540 g/mol. The van der Waals surface area contributed by atoms with Gasteiger partial charge in [0.2, 0.25) is 0 Å². The van der Waals surface area contributed by atoms with Crippen molar-refractivity contribution in [1.82, 2.24) is 19.6 Å². The SMILES string of the molecule is Cc1nn(Cc2c(Cl)cccc2Cl)c(C)c1NC(=O)c1cc2n(n1)[C@@H](C(F)(F)F)C[C@H](c1ccccc1)N2. The van der Waals surface area contributed by atoms with E-state index in [0.717, 1.165) is 10.2 Å². The highest BCUT2D eigenvalue weighted by atomic mass is 35.5. The summed E-state index contributed by atoms with van der Waals surface area (Å²) in [5, 5.41) is 15.4. The fourth-order valence-electron chi connectivity index (χ4n) is 4.63. The average Bonchev–Trinajstić information content (AvgIpc) is 3.42. The molecule has 4 aromatic rings. The number of nitrogens with zero attached hydrogens (tertiary/aromatic N) is 4. The molecule has 0 unspecified atom stereocenters. The molecule has 5 rings (SSSR count). The quantitative estimate of drug-likeness (QED) is 0.275. The second-order valence-electron chi connectivity index (χ2n) is 9.12. The van der Waals surface area contributed by atoms with Crippen LogP contribution in [0, 0.1) is 13.8 Å². The maximum atomic E-state index is 14.0. The Morgan fingerprint density at radius 2 is 1.76 bits per heavy atom. The third kappa shape index (κ3) is 4.98. The van der Waals surface area contributed by atoms with Gasteiger partial charge in [-0.1, -0.05) is 59.6 Å². The van der Waals surface area contributed by atoms with E-state index in [1.54, 1.807) is 67.1 Å². The number of alkyl halides is 3. The third-order valence-corrected chi connectivity index (χ3v) is 7.32. The molecule has 2 aromatic heterocycles. The summed E-state index contributed by atoms with van der Waals surface area (Å²) in [4.78, 5) is 13.1. The van der Waals surface area contributed by atoms with E-state index in [-0.39, 0.29) is 24.5 Å². The molecule has 0 aliphatic carbocycles. The highest BCUT2D eigenvalue weighted by Crippen LogP contribution is 2.43. The van der Waals surface area contributed by atoms with Crippen molar-refractivity contribution in [3.63, 3.8) is 0 Å². The van der Waals surface area contributed by atoms with Gasteiger partial charge in [-0.05, 0) is 31.5 Å². The van der Waals surface area contributed by atoms with E-state index in [9.17, 15) is 18.0 Å². The van der Waals surface area contributed by atoms with E-state index in [0.29, 0.717) is 32.7 Å². The van der Waals surface area contributed by atoms with Crippen LogP contribution in [-0.4, -0.2) is 31.6 Å². The third-order valence-electron chi connectivity index (χ3n) is 6.61. The first-order chi connectivity index (χ1) is 18.0. The zero-order chi connectivity index (χ0) is 27.2. The number of hydrogen-bond acceptors (Lipinski definition) is 4. The first-order valence-corrected chi connectivity index (χ1v) is 12.5. The highest BCUT2D eigenvalue weighted by Gasteiger charge is 2.46. The van der Waals surface area contributed by atoms with E-state index in [1.165, 1.54) is 6.07 Å². The van der Waals surface area contributed by atoms with Crippen molar-refractivity contribution < 1.29 is 18.0 Å². The Kier molecular flexibility index (Phi) is 6.87. The van der Waals surface area contributed by atoms with Crippen molar-refractivity contribution >= 4 is 40.6 Å². The molecule has 0 bridgehead atoms. The van der Waals surface area contributed by atoms with Crippen LogP contribution in [0.15, 0.2) is 54.6 Å². The van der Waals surface area contributed by atoms with E-state index >= 15 is 0 Å². The Morgan fingerprint density at radius 1 is 1.08 bits per heavy atom. The monoisotopic (exact) mass is 562 g/mol. The predicted octanol–water partition coefficient (Wildman–Crippen LogP) is 6.96. The van der Waals surface area contributed by atoms with E-state index in [2.05, 4.69) is 20.8 Å². The van der Waals surface area contributed by atoms with Crippen LogP contribution < -0.4 is 10.6 Å². The molecule has 7 nitrogen and oxygen atoms in total. The van der Waals surface area contributed by atoms with Crippen molar-refractivity contribution in [2.24, 2.45) is 0 Å². The summed E-state index contributed by atoms with van der Waals surface area (Å²) in [6.07, 6.45) is -4.79. The van der Waals surface area contributed by atoms with Crippen LogP contribution in [0.3, 0.4) is 0 Å². The Balaban J connectivity index is 1.41. The van der Waals surface area contributed by atoms with Gasteiger partial charge in [-0.25, -0.2) is 4.68 Å². The molecule has 198 valence electrons. The number of aryl methyl sites for hydroxylation is 1. The van der Waals surface area contributed by atoms with Gasteiger partial charge in [-0.3, -0.25) is 9.48 Å². The molecule has 2 N–H and O–H groups in total. The lowest BCUT2D eigenvalue weighted by molar-refractivity contribution is -0.173. The zero-order valence-electron chi connectivity index (χ0n) is 20.4. The molecule has 0 saturated heterocycles. The Hall–Kier alpha value is -3.50. The van der Waals surface area contributed by atoms with E-state index < -0.39 is 24.2 Å². The van der Waals surface area contributed by atoms with Gasteiger partial charge in [-0.2, -0.15) is 23.4 Å². The smallest absolute Gasteiger partial charge is 0.363 e. The number of anilines is 2. The van der Waals surface area contributed by atoms with Crippen molar-refractivity contribution in [1.29, 1.82) is 0 Å². The van der Waals surface area contributed by atoms with Crippen molar-refractivity contribution in [2.45, 2.75) is 45.1 Å². The molecule has 1 aliphatic heterocycles. The number of amides is 1. The summed E-state index contributed by atoms with van der Waals surface area (Å²) in [6.45, 7) is 3.76. The summed E-state index contributed by atoms with van der Waals surface area (Å²) in [5.74, 6) is -0.525. The second kappa shape index (κ2) is 9.99. The van der Waals surface area contributed by atoms with Gasteiger partial charge < -0.3 is 10.6 Å². The average molecular weight is 563 g/mol. The molecule has 2 aromatic carbocycles. The number of carbonyl (C=O) groups excluding carboxylic acids is 1. The van der Waals surface area contributed by atoms with Crippen LogP contribution in [-0.2, 0) is 6.54 Å². The Morgan fingerprint density at radius 3 is 2.42 bits per heavy atom. The molecular formula is C26H23Cl2F3N6O. The van der Waals surface area contributed by atoms with Gasteiger partial charge in [0, 0.05) is 28.1 Å². The minimum absolute atomic E-state index is 0.120. The number of carbonyl (C=O) groups is 1. The lowest BCUT2D eigenvalue weighted by atomic mass is 9.97. The van der Waals surface area contributed by atoms with E-state index in [4.69, 9.17) is 23.2 Å². The van der Waals surface area contributed by atoms with Crippen molar-refractivity contribution in [2.75, 3.05) is 10.6 Å². The lowest BCUT2D eigenvalue weighted by Gasteiger charge is -2.33. The largest absolute Gasteiger partial charge is 0.410 e. The fourth-order valence-corrected chi connectivity index (χ4v) is 5.15. The fraction of sp³-hybridized carbons (Fsp3) is 0.269. The van der Waals surface area contributed by atoms with Gasteiger partial charge >= 0.3 is 6.18 Å². The van der Waals surface area contributed by atoms with Gasteiger partial charge in [0.15, 0.2) is 11.7 Å². The summed E-state index contributed by atoms with van der Waals surface area (Å²) in [6, 6.07) is 12.9. The first-order valence-electron chi connectivity index (χ1n) is 11.8. The Bertz CT molecular complexity index is 1480. The summed E-state index contributed by atoms with van der Waals surface area (Å²) < 4.78 is 44.5. The van der Waals surface area contributed by atoms with Crippen molar-refractivity contribution in [3.05, 3.63) is 92.9 Å². The highest BCUT2D eigenvalue weighted by molar-refractivity contribution is 6.36. The predicted molar refractivity (Wildman–Crippen MR) is 140 cm³/mol. The molecule has 12 heteroatoms. The van der Waals surface area contributed by atoms with Gasteiger partial charge in [0.05, 0.1) is 29.7 Å². The van der Waals surface area contributed by atoms with Crippen LogP contribution in [0.25, 0.3) is 0 Å². The summed E-state index contributed by atoms with van der Waals surface area (Å²) in [7, 11) is 0. The van der Waals surface area contributed by atoms with Crippen molar-refractivity contribution in [3.8, 4) is 0 Å². The zero-order valence-corrected chi connectivity index (χ0v) is 21.9. The standard InChI is InChI=1S/C26H23Cl2F3N6O/c1-14-24(15(2)36(34-14)13-17-18(27)9-6-10-19(17)28)33-25(38)21-12-23-32-20(16-7-4-3-5-8-16)11-22(26(29,30)31)37(23)35-21/h3-10,12,20,22,32H,11,13H2,1-2H3,(H,33,38)/t20-,22-/m1/s1. The number of rotatable bonds is 5. The molecule has 1 amide bonds. The molecule has 2 atom stereocenters. The molecule has 38 heavy (non-hydrogen) atoms. The molecule has 0 fully saturated rings. The first kappa shape index (κ1) is 26.1. The van der Waals surface area contributed by atoms with E-state index in [1.807, 2.05) is 0 Å². The minimum Gasteiger partial charge on any atom is -0.363 e. The summed E-state index contributed by atoms with van der Waals surface area (Å²) in [5.41, 5.74) is 2.85. The van der Waals surface area contributed by atoms with Crippen LogP contribution in [0.5, 0.6) is 0 Å². The number of aromatic nitrogens is 4. The van der Waals surface area contributed by atoms with Crippen LogP contribution in [0.2, 0.25) is 10.0 Å². The molecule has 0 spiro atoms. The van der Waals surface area contributed by atoms with Crippen LogP contribution in [0.4, 0.5) is 24.7 Å². The number of hydrogen-bond donors (Lipinski definition) is 2. The molecule has 0 radical (unpaired) electrons. The lowest BCUT2D eigenvalue weighted by Crippen LogP contribution is -2.35. The topological polar surface area (TPSA) is 76.8 Å². The molecule has 0 saturated carbocycles. The van der Waals surface area contributed by atoms with Gasteiger partial charge in [-0.15, -0.1) is 0 Å².